The highest BCUT2D eigenvalue weighted by Crippen LogP contribution is 2.19. The van der Waals surface area contributed by atoms with E-state index < -0.39 is 27.7 Å². The quantitative estimate of drug-likeness (QED) is 0.745. The molecule has 2 aromatic carbocycles. The number of rotatable bonds is 6. The standard InChI is InChI=1S/C17H17FN2O5S/c1-11-6-7-14(9-15(11)18)26(23,24)20-13-5-3-4-12(8-13)17(22)19-10-16(21)25-2/h3-9,20H,10H2,1-2H3,(H,19,22). The predicted molar refractivity (Wildman–Crippen MR) is 92.7 cm³/mol. The Balaban J connectivity index is 2.18. The van der Waals surface area contributed by atoms with Gasteiger partial charge in [-0.2, -0.15) is 0 Å². The molecule has 26 heavy (non-hydrogen) atoms. The predicted octanol–water partition coefficient (Wildman–Crippen LogP) is 1.84. The first-order chi connectivity index (χ1) is 12.2. The van der Waals surface area contributed by atoms with Crippen LogP contribution in [0.1, 0.15) is 15.9 Å². The molecule has 7 nitrogen and oxygen atoms in total. The van der Waals surface area contributed by atoms with Gasteiger partial charge in [-0.1, -0.05) is 12.1 Å². The molecule has 0 spiro atoms. The minimum Gasteiger partial charge on any atom is -0.468 e. The van der Waals surface area contributed by atoms with Crippen molar-refractivity contribution < 1.29 is 27.1 Å². The van der Waals surface area contributed by atoms with E-state index in [0.717, 1.165) is 6.07 Å². The van der Waals surface area contributed by atoms with Crippen molar-refractivity contribution in [2.75, 3.05) is 18.4 Å². The molecule has 0 saturated heterocycles. The molecule has 0 saturated carbocycles. The maximum atomic E-state index is 13.6. The van der Waals surface area contributed by atoms with Crippen LogP contribution in [0.5, 0.6) is 0 Å². The number of carbonyl (C=O) groups excluding carboxylic acids is 2. The minimum atomic E-state index is -4.02. The van der Waals surface area contributed by atoms with Gasteiger partial charge in [0, 0.05) is 11.3 Å². The van der Waals surface area contributed by atoms with Gasteiger partial charge in [0.1, 0.15) is 12.4 Å². The third-order valence-electron chi connectivity index (χ3n) is 3.45. The topological polar surface area (TPSA) is 102 Å². The number of benzene rings is 2. The molecule has 0 aliphatic carbocycles. The monoisotopic (exact) mass is 380 g/mol. The summed E-state index contributed by atoms with van der Waals surface area (Å²) in [6, 6.07) is 9.24. The van der Waals surface area contributed by atoms with Crippen molar-refractivity contribution in [2.24, 2.45) is 0 Å². The van der Waals surface area contributed by atoms with Gasteiger partial charge in [0.15, 0.2) is 0 Å². The van der Waals surface area contributed by atoms with Gasteiger partial charge in [0.05, 0.1) is 12.0 Å². The number of nitrogens with one attached hydrogen (secondary N) is 2. The fourth-order valence-corrected chi connectivity index (χ4v) is 3.07. The number of hydrogen-bond acceptors (Lipinski definition) is 5. The van der Waals surface area contributed by atoms with E-state index in [0.29, 0.717) is 5.56 Å². The molecule has 0 radical (unpaired) electrons. The van der Waals surface area contributed by atoms with Gasteiger partial charge in [-0.25, -0.2) is 12.8 Å². The molecular formula is C17H17FN2O5S. The van der Waals surface area contributed by atoms with Crippen LogP contribution in [-0.4, -0.2) is 33.9 Å². The average Bonchev–Trinajstić information content (AvgIpc) is 2.61. The van der Waals surface area contributed by atoms with Crippen LogP contribution in [0.25, 0.3) is 0 Å². The number of carbonyl (C=O) groups is 2. The zero-order valence-electron chi connectivity index (χ0n) is 14.1. The Morgan fingerprint density at radius 1 is 1.15 bits per heavy atom. The SMILES string of the molecule is COC(=O)CNC(=O)c1cccc(NS(=O)(=O)c2ccc(C)c(F)c2)c1. The molecule has 2 N–H and O–H groups in total. The molecule has 1 amide bonds. The number of amides is 1. The van der Waals surface area contributed by atoms with Crippen molar-refractivity contribution in [3.05, 3.63) is 59.4 Å². The molecule has 2 aromatic rings. The van der Waals surface area contributed by atoms with Crippen LogP contribution in [0, 0.1) is 12.7 Å². The average molecular weight is 380 g/mol. The fraction of sp³-hybridized carbons (Fsp3) is 0.176. The zero-order valence-corrected chi connectivity index (χ0v) is 14.9. The second kappa shape index (κ2) is 7.96. The van der Waals surface area contributed by atoms with Gasteiger partial charge in [-0.15, -0.1) is 0 Å². The van der Waals surface area contributed by atoms with Gasteiger partial charge in [-0.05, 0) is 42.8 Å². The van der Waals surface area contributed by atoms with Gasteiger partial charge < -0.3 is 10.1 Å². The third kappa shape index (κ3) is 4.79. The van der Waals surface area contributed by atoms with E-state index in [4.69, 9.17) is 0 Å². The summed E-state index contributed by atoms with van der Waals surface area (Å²) in [5, 5.41) is 2.34. The number of methoxy groups -OCH3 is 1. The highest BCUT2D eigenvalue weighted by molar-refractivity contribution is 7.92. The maximum Gasteiger partial charge on any atom is 0.325 e. The number of hydrogen-bond donors (Lipinski definition) is 2. The molecule has 0 heterocycles. The highest BCUT2D eigenvalue weighted by Gasteiger charge is 2.17. The van der Waals surface area contributed by atoms with Gasteiger partial charge in [0.2, 0.25) is 0 Å². The Bertz CT molecular complexity index is 944. The smallest absolute Gasteiger partial charge is 0.325 e. The van der Waals surface area contributed by atoms with Crippen LogP contribution in [0.3, 0.4) is 0 Å². The molecule has 0 unspecified atom stereocenters. The molecule has 0 atom stereocenters. The summed E-state index contributed by atoms with van der Waals surface area (Å²) in [6.45, 7) is 1.21. The summed E-state index contributed by atoms with van der Waals surface area (Å²) >= 11 is 0. The first kappa shape index (κ1) is 19.4. The van der Waals surface area contributed by atoms with Crippen molar-refractivity contribution in [2.45, 2.75) is 11.8 Å². The maximum absolute atomic E-state index is 13.6. The van der Waals surface area contributed by atoms with Gasteiger partial charge in [0.25, 0.3) is 15.9 Å². The molecule has 9 heteroatoms. The number of anilines is 1. The molecule has 138 valence electrons. The Kier molecular flexibility index (Phi) is 5.93. The number of aryl methyl sites for hydroxylation is 1. The van der Waals surface area contributed by atoms with Crippen LogP contribution >= 0.6 is 0 Å². The second-order valence-corrected chi connectivity index (χ2v) is 7.04. The molecule has 2 rings (SSSR count). The first-order valence-corrected chi connectivity index (χ1v) is 8.95. The molecule has 0 bridgehead atoms. The largest absolute Gasteiger partial charge is 0.468 e. The van der Waals surface area contributed by atoms with Gasteiger partial charge >= 0.3 is 5.97 Å². The number of halogens is 1. The summed E-state index contributed by atoms with van der Waals surface area (Å²) < 4.78 is 45.0. The molecular weight excluding hydrogens is 363 g/mol. The molecule has 0 fully saturated rings. The fourth-order valence-electron chi connectivity index (χ4n) is 2.01. The highest BCUT2D eigenvalue weighted by atomic mass is 32.2. The van der Waals surface area contributed by atoms with Crippen molar-refractivity contribution >= 4 is 27.6 Å². The van der Waals surface area contributed by atoms with Crippen molar-refractivity contribution in [3.63, 3.8) is 0 Å². The van der Waals surface area contributed by atoms with Crippen LogP contribution < -0.4 is 10.0 Å². The normalized spacial score (nSPS) is 10.9. The lowest BCUT2D eigenvalue weighted by Crippen LogP contribution is -2.30. The Labute approximate surface area is 150 Å². The number of sulfonamides is 1. The third-order valence-corrected chi connectivity index (χ3v) is 4.83. The first-order valence-electron chi connectivity index (χ1n) is 7.47. The Morgan fingerprint density at radius 3 is 2.54 bits per heavy atom. The lowest BCUT2D eigenvalue weighted by molar-refractivity contribution is -0.139. The van der Waals surface area contributed by atoms with E-state index in [1.165, 1.54) is 50.4 Å². The minimum absolute atomic E-state index is 0.122. The Morgan fingerprint density at radius 2 is 1.88 bits per heavy atom. The van der Waals surface area contributed by atoms with E-state index in [1.54, 1.807) is 0 Å². The lowest BCUT2D eigenvalue weighted by atomic mass is 10.2. The van der Waals surface area contributed by atoms with E-state index >= 15 is 0 Å². The van der Waals surface area contributed by atoms with Gasteiger partial charge in [-0.3, -0.25) is 14.3 Å². The van der Waals surface area contributed by atoms with Crippen LogP contribution in [0.4, 0.5) is 10.1 Å². The van der Waals surface area contributed by atoms with Crippen LogP contribution in [-0.2, 0) is 19.6 Å². The second-order valence-electron chi connectivity index (χ2n) is 5.36. The van der Waals surface area contributed by atoms with Crippen molar-refractivity contribution in [1.82, 2.24) is 5.32 Å². The van der Waals surface area contributed by atoms with E-state index in [2.05, 4.69) is 14.8 Å². The number of esters is 1. The molecule has 0 aliphatic heterocycles. The van der Waals surface area contributed by atoms with Crippen molar-refractivity contribution in [1.29, 1.82) is 0 Å². The summed E-state index contributed by atoms with van der Waals surface area (Å²) in [5.74, 6) is -1.82. The van der Waals surface area contributed by atoms with Crippen molar-refractivity contribution in [3.8, 4) is 0 Å². The summed E-state index contributed by atoms with van der Waals surface area (Å²) in [7, 11) is -2.83. The summed E-state index contributed by atoms with van der Waals surface area (Å²) in [5.41, 5.74) is 0.592. The summed E-state index contributed by atoms with van der Waals surface area (Å²) in [4.78, 5) is 22.8. The van der Waals surface area contributed by atoms with Crippen LogP contribution in [0.2, 0.25) is 0 Å². The zero-order chi connectivity index (χ0) is 19.3. The molecule has 0 aromatic heterocycles. The van der Waals surface area contributed by atoms with E-state index in [-0.39, 0.29) is 22.7 Å². The van der Waals surface area contributed by atoms with E-state index in [1.807, 2.05) is 0 Å². The summed E-state index contributed by atoms with van der Waals surface area (Å²) in [6.07, 6.45) is 0. The number of ether oxygens (including phenoxy) is 1. The molecule has 0 aliphatic rings. The van der Waals surface area contributed by atoms with E-state index in [9.17, 15) is 22.4 Å². The van der Waals surface area contributed by atoms with Crippen LogP contribution in [0.15, 0.2) is 47.4 Å². The lowest BCUT2D eigenvalue weighted by Gasteiger charge is -2.10. The Hall–Kier alpha value is -2.94.